The zero-order valence-electron chi connectivity index (χ0n) is 17.4. The third-order valence-electron chi connectivity index (χ3n) is 4.84. The van der Waals surface area contributed by atoms with Crippen molar-refractivity contribution in [2.45, 2.75) is 18.9 Å². The van der Waals surface area contributed by atoms with Crippen LogP contribution in [0, 0.1) is 0 Å². The average molecular weight is 428 g/mol. The monoisotopic (exact) mass is 427 g/mol. The van der Waals surface area contributed by atoms with Crippen molar-refractivity contribution < 1.29 is 13.9 Å². The Morgan fingerprint density at radius 1 is 1.23 bits per heavy atom. The van der Waals surface area contributed by atoms with Crippen LogP contribution in [0.5, 0.6) is 5.75 Å². The number of halogens is 1. The summed E-state index contributed by atoms with van der Waals surface area (Å²) < 4.78 is 11.1. The predicted molar refractivity (Wildman–Crippen MR) is 118 cm³/mol. The highest BCUT2D eigenvalue weighted by molar-refractivity contribution is 6.30. The number of methoxy groups -OCH3 is 1. The van der Waals surface area contributed by atoms with Crippen molar-refractivity contribution in [2.24, 2.45) is 0 Å². The minimum Gasteiger partial charge on any atom is -0.497 e. The van der Waals surface area contributed by atoms with Crippen molar-refractivity contribution in [3.05, 3.63) is 71.2 Å². The van der Waals surface area contributed by atoms with Crippen LogP contribution < -0.4 is 10.1 Å². The molecule has 7 heteroatoms. The second-order valence-corrected chi connectivity index (χ2v) is 7.62. The molecule has 1 aromatic heterocycles. The van der Waals surface area contributed by atoms with Gasteiger partial charge in [-0.2, -0.15) is 0 Å². The van der Waals surface area contributed by atoms with Gasteiger partial charge in [-0.25, -0.2) is 4.98 Å². The molecule has 0 aliphatic carbocycles. The van der Waals surface area contributed by atoms with Gasteiger partial charge in [-0.3, -0.25) is 4.79 Å². The molecule has 0 spiro atoms. The van der Waals surface area contributed by atoms with Crippen LogP contribution in [0.25, 0.3) is 11.3 Å². The van der Waals surface area contributed by atoms with E-state index in [-0.39, 0.29) is 11.9 Å². The first-order chi connectivity index (χ1) is 14.5. The maximum atomic E-state index is 12.4. The maximum absolute atomic E-state index is 12.4. The van der Waals surface area contributed by atoms with Gasteiger partial charge in [0.1, 0.15) is 5.75 Å². The lowest BCUT2D eigenvalue weighted by Gasteiger charge is -2.25. The molecule has 1 heterocycles. The van der Waals surface area contributed by atoms with Gasteiger partial charge in [0, 0.05) is 30.0 Å². The lowest BCUT2D eigenvalue weighted by Crippen LogP contribution is -2.34. The average Bonchev–Trinajstić information content (AvgIpc) is 3.22. The smallest absolute Gasteiger partial charge is 0.220 e. The molecule has 0 saturated heterocycles. The Bertz CT molecular complexity index is 970. The number of nitrogens with one attached hydrogen (secondary N) is 1. The number of hydrogen-bond donors (Lipinski definition) is 1. The van der Waals surface area contributed by atoms with Gasteiger partial charge in [-0.15, -0.1) is 0 Å². The van der Waals surface area contributed by atoms with E-state index in [1.807, 2.05) is 50.5 Å². The van der Waals surface area contributed by atoms with Crippen LogP contribution in [0.1, 0.15) is 23.9 Å². The molecule has 0 saturated carbocycles. The predicted octanol–water partition coefficient (Wildman–Crippen LogP) is 4.36. The van der Waals surface area contributed by atoms with Gasteiger partial charge in [0.2, 0.25) is 5.91 Å². The fourth-order valence-electron chi connectivity index (χ4n) is 3.14. The van der Waals surface area contributed by atoms with E-state index in [1.54, 1.807) is 25.4 Å². The summed E-state index contributed by atoms with van der Waals surface area (Å²) in [6, 6.07) is 15.3. The van der Waals surface area contributed by atoms with Crippen LogP contribution >= 0.6 is 11.6 Å². The molecule has 2 aromatic carbocycles. The number of ether oxygens (including phenoxy) is 1. The maximum Gasteiger partial charge on any atom is 0.220 e. The Kier molecular flexibility index (Phi) is 7.49. The van der Waals surface area contributed by atoms with Crippen molar-refractivity contribution in [3.63, 3.8) is 0 Å². The standard InChI is InChI=1S/C23H26ClN3O3/c1-27(2)20(17-5-4-6-19(13-17)29-3)14-25-22(28)11-12-23-26-15-21(30-23)16-7-9-18(24)10-8-16/h4-10,13,15,20H,11-12,14H2,1-3H3,(H,25,28). The van der Waals surface area contributed by atoms with E-state index in [4.69, 9.17) is 20.8 Å². The van der Waals surface area contributed by atoms with Crippen LogP contribution in [-0.2, 0) is 11.2 Å². The number of oxazole rings is 1. The molecule has 1 N–H and O–H groups in total. The Labute approximate surface area is 181 Å². The number of aryl methyl sites for hydroxylation is 1. The Morgan fingerprint density at radius 3 is 2.70 bits per heavy atom. The SMILES string of the molecule is COc1cccc(C(CNC(=O)CCc2ncc(-c3ccc(Cl)cc3)o2)N(C)C)c1. The van der Waals surface area contributed by atoms with Crippen LogP contribution in [0.4, 0.5) is 0 Å². The van der Waals surface area contributed by atoms with Crippen LogP contribution in [0.15, 0.2) is 59.1 Å². The number of rotatable bonds is 9. The molecule has 30 heavy (non-hydrogen) atoms. The molecule has 1 amide bonds. The van der Waals surface area contributed by atoms with Crippen molar-refractivity contribution in [1.29, 1.82) is 0 Å². The summed E-state index contributed by atoms with van der Waals surface area (Å²) in [4.78, 5) is 18.7. The zero-order valence-corrected chi connectivity index (χ0v) is 18.1. The number of aromatic nitrogens is 1. The topological polar surface area (TPSA) is 67.6 Å². The minimum atomic E-state index is -0.0454. The summed E-state index contributed by atoms with van der Waals surface area (Å²) in [6.07, 6.45) is 2.41. The van der Waals surface area contributed by atoms with Gasteiger partial charge in [-0.1, -0.05) is 23.7 Å². The zero-order chi connectivity index (χ0) is 21.5. The molecule has 1 atom stereocenters. The van der Waals surface area contributed by atoms with E-state index in [1.165, 1.54) is 0 Å². The van der Waals surface area contributed by atoms with E-state index in [9.17, 15) is 4.79 Å². The van der Waals surface area contributed by atoms with E-state index >= 15 is 0 Å². The van der Waals surface area contributed by atoms with Crippen molar-refractivity contribution in [3.8, 4) is 17.1 Å². The second kappa shape index (κ2) is 10.3. The molecule has 0 aliphatic heterocycles. The van der Waals surface area contributed by atoms with Gasteiger partial charge in [0.15, 0.2) is 11.7 Å². The van der Waals surface area contributed by atoms with Crippen molar-refractivity contribution in [1.82, 2.24) is 15.2 Å². The van der Waals surface area contributed by atoms with Gasteiger partial charge in [0.05, 0.1) is 19.3 Å². The van der Waals surface area contributed by atoms with Crippen LogP contribution in [0.3, 0.4) is 0 Å². The minimum absolute atomic E-state index is 0.0438. The number of hydrogen-bond acceptors (Lipinski definition) is 5. The number of likely N-dealkylation sites (N-methyl/N-ethyl adjacent to an activating group) is 1. The fourth-order valence-corrected chi connectivity index (χ4v) is 3.27. The number of nitrogens with zero attached hydrogens (tertiary/aromatic N) is 2. The highest BCUT2D eigenvalue weighted by Gasteiger charge is 2.16. The third kappa shape index (κ3) is 5.84. The molecule has 1 unspecified atom stereocenters. The van der Waals surface area contributed by atoms with Gasteiger partial charge in [-0.05, 0) is 56.1 Å². The molecule has 3 aromatic rings. The Morgan fingerprint density at radius 2 is 2.00 bits per heavy atom. The summed E-state index contributed by atoms with van der Waals surface area (Å²) in [5.74, 6) is 1.95. The molecule has 0 bridgehead atoms. The molecular formula is C23H26ClN3O3. The lowest BCUT2D eigenvalue weighted by molar-refractivity contribution is -0.121. The summed E-state index contributed by atoms with van der Waals surface area (Å²) in [5.41, 5.74) is 1.98. The van der Waals surface area contributed by atoms with Crippen molar-refractivity contribution in [2.75, 3.05) is 27.7 Å². The number of carbonyl (C=O) groups is 1. The summed E-state index contributed by atoms with van der Waals surface area (Å²) in [7, 11) is 5.62. The first-order valence-electron chi connectivity index (χ1n) is 9.74. The summed E-state index contributed by atoms with van der Waals surface area (Å²) in [6.45, 7) is 0.501. The first-order valence-corrected chi connectivity index (χ1v) is 10.1. The lowest BCUT2D eigenvalue weighted by atomic mass is 10.1. The Hall–Kier alpha value is -2.83. The largest absolute Gasteiger partial charge is 0.497 e. The van der Waals surface area contributed by atoms with Gasteiger partial charge in [0.25, 0.3) is 0 Å². The summed E-state index contributed by atoms with van der Waals surface area (Å²) >= 11 is 5.91. The van der Waals surface area contributed by atoms with E-state index in [0.717, 1.165) is 16.9 Å². The van der Waals surface area contributed by atoms with Crippen LogP contribution in [0.2, 0.25) is 5.02 Å². The van der Waals surface area contributed by atoms with Gasteiger partial charge >= 0.3 is 0 Å². The summed E-state index contributed by atoms with van der Waals surface area (Å²) in [5, 5.41) is 3.68. The van der Waals surface area contributed by atoms with E-state index in [2.05, 4.69) is 15.2 Å². The van der Waals surface area contributed by atoms with Gasteiger partial charge < -0.3 is 19.4 Å². The molecule has 6 nitrogen and oxygen atoms in total. The Balaban J connectivity index is 1.53. The third-order valence-corrected chi connectivity index (χ3v) is 5.09. The number of amides is 1. The molecule has 158 valence electrons. The first kappa shape index (κ1) is 21.9. The van der Waals surface area contributed by atoms with Crippen molar-refractivity contribution >= 4 is 17.5 Å². The fraction of sp³-hybridized carbons (Fsp3) is 0.304. The van der Waals surface area contributed by atoms with Crippen LogP contribution in [-0.4, -0.2) is 43.5 Å². The number of benzene rings is 2. The van der Waals surface area contributed by atoms with E-state index in [0.29, 0.717) is 36.1 Å². The molecule has 0 aliphatic rings. The molecule has 3 rings (SSSR count). The number of carbonyl (C=O) groups excluding carboxylic acids is 1. The molecular weight excluding hydrogens is 402 g/mol. The highest BCUT2D eigenvalue weighted by atomic mass is 35.5. The highest BCUT2D eigenvalue weighted by Crippen LogP contribution is 2.23. The molecule has 0 radical (unpaired) electrons. The quantitative estimate of drug-likeness (QED) is 0.549. The molecule has 0 fully saturated rings. The second-order valence-electron chi connectivity index (χ2n) is 7.19. The van der Waals surface area contributed by atoms with E-state index < -0.39 is 0 Å². The normalized spacial score (nSPS) is 12.0.